The van der Waals surface area contributed by atoms with Gasteiger partial charge in [-0.05, 0) is 54.8 Å². The van der Waals surface area contributed by atoms with Crippen molar-refractivity contribution in [3.8, 4) is 0 Å². The Hall–Kier alpha value is -1.94. The molecule has 0 radical (unpaired) electrons. The third kappa shape index (κ3) is 3.79. The first kappa shape index (κ1) is 15.4. The summed E-state index contributed by atoms with van der Waals surface area (Å²) in [5.74, 6) is -0.612. The van der Waals surface area contributed by atoms with Gasteiger partial charge in [0.1, 0.15) is 11.6 Å². The van der Waals surface area contributed by atoms with Crippen LogP contribution in [0.15, 0.2) is 42.5 Å². The smallest absolute Gasteiger partial charge is 0.147 e. The van der Waals surface area contributed by atoms with Crippen LogP contribution in [0.4, 0.5) is 20.2 Å². The summed E-state index contributed by atoms with van der Waals surface area (Å²) in [4.78, 5) is 1.69. The van der Waals surface area contributed by atoms with Crippen molar-refractivity contribution in [3.05, 3.63) is 59.7 Å². The van der Waals surface area contributed by atoms with Gasteiger partial charge in [0.15, 0.2) is 0 Å². The maximum atomic E-state index is 14.3. The minimum Gasteiger partial charge on any atom is -0.342 e. The first-order valence-corrected chi connectivity index (χ1v) is 7.04. The fraction of sp³-hybridized carbons (Fsp3) is 0.294. The second-order valence-electron chi connectivity index (χ2n) is 5.19. The van der Waals surface area contributed by atoms with Crippen LogP contribution in [-0.2, 0) is 6.42 Å². The SMILES string of the molecule is CCC(N)Cc1ccc(N(C)c2ccc(F)cc2)c(F)c1. The fourth-order valence-electron chi connectivity index (χ4n) is 2.20. The van der Waals surface area contributed by atoms with Crippen LogP contribution in [0.5, 0.6) is 0 Å². The number of benzene rings is 2. The maximum absolute atomic E-state index is 14.3. The molecule has 0 aliphatic rings. The Morgan fingerprint density at radius 2 is 1.76 bits per heavy atom. The number of halogens is 2. The Labute approximate surface area is 124 Å². The largest absolute Gasteiger partial charge is 0.342 e. The lowest BCUT2D eigenvalue weighted by atomic mass is 10.0. The van der Waals surface area contributed by atoms with Gasteiger partial charge in [-0.3, -0.25) is 0 Å². The highest BCUT2D eigenvalue weighted by molar-refractivity contribution is 5.63. The first-order chi connectivity index (χ1) is 10.0. The van der Waals surface area contributed by atoms with Gasteiger partial charge in [-0.1, -0.05) is 13.0 Å². The highest BCUT2D eigenvalue weighted by Gasteiger charge is 2.11. The summed E-state index contributed by atoms with van der Waals surface area (Å²) in [6.07, 6.45) is 1.52. The van der Waals surface area contributed by atoms with E-state index in [4.69, 9.17) is 5.73 Å². The summed E-state index contributed by atoms with van der Waals surface area (Å²) in [5, 5.41) is 0. The van der Waals surface area contributed by atoms with E-state index in [2.05, 4.69) is 0 Å². The van der Waals surface area contributed by atoms with Crippen LogP contribution in [0.3, 0.4) is 0 Å². The maximum Gasteiger partial charge on any atom is 0.147 e. The van der Waals surface area contributed by atoms with Crippen molar-refractivity contribution in [2.24, 2.45) is 5.73 Å². The molecule has 2 aromatic rings. The Morgan fingerprint density at radius 3 is 2.33 bits per heavy atom. The van der Waals surface area contributed by atoms with Gasteiger partial charge in [0.2, 0.25) is 0 Å². The molecule has 4 heteroatoms. The average molecular weight is 290 g/mol. The predicted octanol–water partition coefficient (Wildman–Crippen LogP) is 4.01. The van der Waals surface area contributed by atoms with E-state index in [1.54, 1.807) is 30.1 Å². The molecule has 21 heavy (non-hydrogen) atoms. The van der Waals surface area contributed by atoms with Gasteiger partial charge < -0.3 is 10.6 Å². The fourth-order valence-corrected chi connectivity index (χ4v) is 2.20. The van der Waals surface area contributed by atoms with E-state index in [1.807, 2.05) is 13.0 Å². The lowest BCUT2D eigenvalue weighted by Gasteiger charge is -2.21. The molecule has 0 amide bonds. The second-order valence-corrected chi connectivity index (χ2v) is 5.19. The molecule has 0 aliphatic heterocycles. The monoisotopic (exact) mass is 290 g/mol. The van der Waals surface area contributed by atoms with Gasteiger partial charge in [0, 0.05) is 18.8 Å². The molecule has 0 saturated carbocycles. The summed E-state index contributed by atoms with van der Waals surface area (Å²) in [6.45, 7) is 2.01. The Bertz CT molecular complexity index is 596. The van der Waals surface area contributed by atoms with E-state index >= 15 is 0 Å². The predicted molar refractivity (Wildman–Crippen MR) is 82.8 cm³/mol. The van der Waals surface area contributed by atoms with E-state index in [1.165, 1.54) is 18.2 Å². The Balaban J connectivity index is 2.22. The van der Waals surface area contributed by atoms with E-state index in [-0.39, 0.29) is 17.7 Å². The third-order valence-corrected chi connectivity index (χ3v) is 3.61. The molecule has 2 aromatic carbocycles. The van der Waals surface area contributed by atoms with E-state index in [0.717, 1.165) is 17.7 Å². The molecule has 1 unspecified atom stereocenters. The summed E-state index contributed by atoms with van der Waals surface area (Å²) in [7, 11) is 1.75. The summed E-state index contributed by atoms with van der Waals surface area (Å²) < 4.78 is 27.2. The summed E-state index contributed by atoms with van der Waals surface area (Å²) in [6, 6.07) is 11.1. The summed E-state index contributed by atoms with van der Waals surface area (Å²) in [5.41, 5.74) is 7.96. The summed E-state index contributed by atoms with van der Waals surface area (Å²) >= 11 is 0. The number of nitrogens with zero attached hydrogens (tertiary/aromatic N) is 1. The zero-order chi connectivity index (χ0) is 15.4. The number of nitrogens with two attached hydrogens (primary N) is 1. The molecule has 2 rings (SSSR count). The van der Waals surface area contributed by atoms with Gasteiger partial charge in [-0.2, -0.15) is 0 Å². The van der Waals surface area contributed by atoms with Crippen LogP contribution in [0, 0.1) is 11.6 Å². The van der Waals surface area contributed by atoms with Gasteiger partial charge in [0.05, 0.1) is 5.69 Å². The minimum atomic E-state index is -0.309. The van der Waals surface area contributed by atoms with Gasteiger partial charge in [0.25, 0.3) is 0 Å². The lowest BCUT2D eigenvalue weighted by Crippen LogP contribution is -2.21. The molecular formula is C17H20F2N2. The van der Waals surface area contributed by atoms with E-state index in [9.17, 15) is 8.78 Å². The van der Waals surface area contributed by atoms with Crippen molar-refractivity contribution in [2.75, 3.05) is 11.9 Å². The molecule has 1 atom stereocenters. The van der Waals surface area contributed by atoms with Crippen LogP contribution >= 0.6 is 0 Å². The number of hydrogen-bond donors (Lipinski definition) is 1. The first-order valence-electron chi connectivity index (χ1n) is 7.04. The third-order valence-electron chi connectivity index (χ3n) is 3.61. The molecular weight excluding hydrogens is 270 g/mol. The second kappa shape index (κ2) is 6.68. The molecule has 2 nitrogen and oxygen atoms in total. The molecule has 0 fully saturated rings. The zero-order valence-corrected chi connectivity index (χ0v) is 12.3. The minimum absolute atomic E-state index is 0.0464. The molecule has 0 aliphatic carbocycles. The molecule has 2 N–H and O–H groups in total. The normalized spacial score (nSPS) is 12.2. The van der Waals surface area contributed by atoms with E-state index in [0.29, 0.717) is 12.1 Å². The van der Waals surface area contributed by atoms with Crippen LogP contribution in [0.1, 0.15) is 18.9 Å². The lowest BCUT2D eigenvalue weighted by molar-refractivity contribution is 0.614. The van der Waals surface area contributed by atoms with Gasteiger partial charge in [-0.25, -0.2) is 8.78 Å². The van der Waals surface area contributed by atoms with Crippen LogP contribution in [-0.4, -0.2) is 13.1 Å². The Morgan fingerprint density at radius 1 is 1.10 bits per heavy atom. The number of rotatable bonds is 5. The van der Waals surface area contributed by atoms with E-state index < -0.39 is 0 Å². The van der Waals surface area contributed by atoms with Gasteiger partial charge >= 0.3 is 0 Å². The Kier molecular flexibility index (Phi) is 4.91. The van der Waals surface area contributed by atoms with Crippen molar-refractivity contribution >= 4 is 11.4 Å². The molecule has 0 spiro atoms. The highest BCUT2D eigenvalue weighted by atomic mass is 19.1. The van der Waals surface area contributed by atoms with Crippen molar-refractivity contribution < 1.29 is 8.78 Å². The molecule has 0 heterocycles. The van der Waals surface area contributed by atoms with Crippen molar-refractivity contribution in [1.82, 2.24) is 0 Å². The molecule has 0 bridgehead atoms. The molecule has 0 aromatic heterocycles. The standard InChI is InChI=1S/C17H20F2N2/c1-3-14(20)10-12-4-9-17(16(19)11-12)21(2)15-7-5-13(18)6-8-15/h4-9,11,14H,3,10,20H2,1-2H3. The van der Waals surface area contributed by atoms with Crippen molar-refractivity contribution in [3.63, 3.8) is 0 Å². The quantitative estimate of drug-likeness (QED) is 0.901. The van der Waals surface area contributed by atoms with Gasteiger partial charge in [-0.15, -0.1) is 0 Å². The average Bonchev–Trinajstić information content (AvgIpc) is 2.47. The van der Waals surface area contributed by atoms with Crippen molar-refractivity contribution in [2.45, 2.75) is 25.8 Å². The van der Waals surface area contributed by atoms with Crippen LogP contribution < -0.4 is 10.6 Å². The number of anilines is 2. The molecule has 112 valence electrons. The highest BCUT2D eigenvalue weighted by Crippen LogP contribution is 2.27. The zero-order valence-electron chi connectivity index (χ0n) is 12.3. The number of hydrogen-bond acceptors (Lipinski definition) is 2. The van der Waals surface area contributed by atoms with Crippen LogP contribution in [0.2, 0.25) is 0 Å². The molecule has 0 saturated heterocycles. The van der Waals surface area contributed by atoms with Crippen molar-refractivity contribution in [1.29, 1.82) is 0 Å². The van der Waals surface area contributed by atoms with Crippen LogP contribution in [0.25, 0.3) is 0 Å². The topological polar surface area (TPSA) is 29.3 Å².